The topological polar surface area (TPSA) is 48.5 Å². The highest BCUT2D eigenvalue weighted by Crippen LogP contribution is 2.26. The van der Waals surface area contributed by atoms with Gasteiger partial charge >= 0.3 is 6.03 Å². The van der Waals surface area contributed by atoms with Crippen molar-refractivity contribution in [3.05, 3.63) is 65.3 Å². The van der Waals surface area contributed by atoms with Gasteiger partial charge in [0.25, 0.3) is 0 Å². The number of hydrogen-bond acceptors (Lipinski definition) is 3. The summed E-state index contributed by atoms with van der Waals surface area (Å²) in [5.41, 5.74) is 3.77. The summed E-state index contributed by atoms with van der Waals surface area (Å²) < 4.78 is 0. The molecule has 0 atom stereocenters. The van der Waals surface area contributed by atoms with E-state index < -0.39 is 0 Å². The smallest absolute Gasteiger partial charge is 0.321 e. The molecule has 0 aliphatic carbocycles. The summed E-state index contributed by atoms with van der Waals surface area (Å²) in [7, 11) is 0. The minimum Gasteiger partial charge on any atom is -0.366 e. The Hall–Kier alpha value is -2.79. The SMILES string of the molecule is Cc1c(Cl)cccc1NC(=O)N1CCN(c2cccc3cccnc23)CC1. The first-order chi connectivity index (χ1) is 13.1. The van der Waals surface area contributed by atoms with Gasteiger partial charge in [0.1, 0.15) is 0 Å². The Bertz CT molecular complexity index is 978. The molecular weight excluding hydrogens is 360 g/mol. The zero-order valence-corrected chi connectivity index (χ0v) is 15.9. The lowest BCUT2D eigenvalue weighted by atomic mass is 10.1. The minimum atomic E-state index is -0.0870. The molecule has 1 aliphatic heterocycles. The van der Waals surface area contributed by atoms with Gasteiger partial charge in [-0.1, -0.05) is 35.9 Å². The van der Waals surface area contributed by atoms with Gasteiger partial charge in [-0.2, -0.15) is 0 Å². The van der Waals surface area contributed by atoms with Crippen molar-refractivity contribution in [1.29, 1.82) is 0 Å². The highest BCUT2D eigenvalue weighted by Gasteiger charge is 2.23. The number of nitrogens with zero attached hydrogens (tertiary/aromatic N) is 3. The van der Waals surface area contributed by atoms with Crippen LogP contribution in [-0.4, -0.2) is 42.1 Å². The number of para-hydroxylation sites is 1. The van der Waals surface area contributed by atoms with Crippen LogP contribution in [0, 0.1) is 6.92 Å². The lowest BCUT2D eigenvalue weighted by Crippen LogP contribution is -2.50. The summed E-state index contributed by atoms with van der Waals surface area (Å²) >= 11 is 6.14. The largest absolute Gasteiger partial charge is 0.366 e. The number of hydrogen-bond donors (Lipinski definition) is 1. The fourth-order valence-corrected chi connectivity index (χ4v) is 3.61. The molecule has 138 valence electrons. The van der Waals surface area contributed by atoms with Gasteiger partial charge in [-0.15, -0.1) is 0 Å². The summed E-state index contributed by atoms with van der Waals surface area (Å²) in [6.07, 6.45) is 1.82. The van der Waals surface area contributed by atoms with E-state index in [0.717, 1.165) is 40.9 Å². The Kier molecular flexibility index (Phi) is 4.86. The van der Waals surface area contributed by atoms with Crippen LogP contribution in [0.4, 0.5) is 16.2 Å². The van der Waals surface area contributed by atoms with E-state index in [4.69, 9.17) is 11.6 Å². The van der Waals surface area contributed by atoms with Crippen LogP contribution in [0.2, 0.25) is 5.02 Å². The zero-order valence-electron chi connectivity index (χ0n) is 15.2. The maximum Gasteiger partial charge on any atom is 0.321 e. The third-order valence-corrected chi connectivity index (χ3v) is 5.44. The van der Waals surface area contributed by atoms with Gasteiger partial charge in [-0.05, 0) is 36.8 Å². The van der Waals surface area contributed by atoms with E-state index in [-0.39, 0.29) is 6.03 Å². The number of halogens is 1. The third-order valence-electron chi connectivity index (χ3n) is 5.03. The maximum absolute atomic E-state index is 12.6. The first-order valence-corrected chi connectivity index (χ1v) is 9.41. The number of urea groups is 1. The molecule has 0 saturated carbocycles. The van der Waals surface area contributed by atoms with Crippen molar-refractivity contribution in [2.24, 2.45) is 0 Å². The number of carbonyl (C=O) groups is 1. The maximum atomic E-state index is 12.6. The molecule has 2 amide bonds. The van der Waals surface area contributed by atoms with Gasteiger partial charge in [0, 0.05) is 48.5 Å². The standard InChI is InChI=1S/C21H21ClN4O/c1-15-17(22)7-3-8-18(15)24-21(27)26-13-11-25(12-14-26)19-9-2-5-16-6-4-10-23-20(16)19/h2-10H,11-14H2,1H3,(H,24,27). The molecule has 2 heterocycles. The Morgan fingerprint density at radius 3 is 2.59 bits per heavy atom. The predicted molar refractivity (Wildman–Crippen MR) is 111 cm³/mol. The van der Waals surface area contributed by atoms with E-state index in [9.17, 15) is 4.79 Å². The van der Waals surface area contributed by atoms with E-state index in [1.807, 2.05) is 42.3 Å². The number of nitrogens with one attached hydrogen (secondary N) is 1. The number of pyridine rings is 1. The first kappa shape index (κ1) is 17.6. The van der Waals surface area contributed by atoms with E-state index >= 15 is 0 Å². The molecule has 4 rings (SSSR count). The molecule has 1 fully saturated rings. The molecule has 1 aromatic heterocycles. The van der Waals surface area contributed by atoms with Crippen LogP contribution in [-0.2, 0) is 0 Å². The average molecular weight is 381 g/mol. The normalized spacial score (nSPS) is 14.4. The molecule has 6 heteroatoms. The van der Waals surface area contributed by atoms with Crippen LogP contribution in [0.5, 0.6) is 0 Å². The average Bonchev–Trinajstić information content (AvgIpc) is 2.71. The quantitative estimate of drug-likeness (QED) is 0.709. The van der Waals surface area contributed by atoms with E-state index in [1.54, 1.807) is 0 Å². The molecule has 1 saturated heterocycles. The van der Waals surface area contributed by atoms with Gasteiger partial charge in [-0.3, -0.25) is 4.98 Å². The summed E-state index contributed by atoms with van der Waals surface area (Å²) in [6, 6.07) is 15.7. The lowest BCUT2D eigenvalue weighted by molar-refractivity contribution is 0.208. The number of amides is 2. The minimum absolute atomic E-state index is 0.0870. The van der Waals surface area contributed by atoms with Crippen molar-refractivity contribution in [1.82, 2.24) is 9.88 Å². The second-order valence-corrected chi connectivity index (χ2v) is 7.08. The molecule has 0 spiro atoms. The molecular formula is C21H21ClN4O. The lowest BCUT2D eigenvalue weighted by Gasteiger charge is -2.36. The number of aromatic nitrogens is 1. The highest BCUT2D eigenvalue weighted by atomic mass is 35.5. The van der Waals surface area contributed by atoms with Crippen LogP contribution in [0.15, 0.2) is 54.7 Å². The summed E-state index contributed by atoms with van der Waals surface area (Å²) in [6.45, 7) is 4.78. The molecule has 0 radical (unpaired) electrons. The monoisotopic (exact) mass is 380 g/mol. The number of anilines is 2. The summed E-state index contributed by atoms with van der Waals surface area (Å²) in [4.78, 5) is 21.3. The van der Waals surface area contributed by atoms with Gasteiger partial charge in [0.05, 0.1) is 11.2 Å². The zero-order chi connectivity index (χ0) is 18.8. The number of carbonyl (C=O) groups excluding carboxylic acids is 1. The van der Waals surface area contributed by atoms with Gasteiger partial charge in [0.2, 0.25) is 0 Å². The molecule has 1 N–H and O–H groups in total. The molecule has 1 aliphatic rings. The first-order valence-electron chi connectivity index (χ1n) is 9.03. The van der Waals surface area contributed by atoms with Crippen LogP contribution >= 0.6 is 11.6 Å². The predicted octanol–water partition coefficient (Wildman–Crippen LogP) is 4.55. The molecule has 2 aromatic carbocycles. The second kappa shape index (κ2) is 7.45. The fraction of sp³-hybridized carbons (Fsp3) is 0.238. The summed E-state index contributed by atoms with van der Waals surface area (Å²) in [5, 5.41) is 4.76. The van der Waals surface area contributed by atoms with Crippen LogP contribution in [0.25, 0.3) is 10.9 Å². The molecule has 27 heavy (non-hydrogen) atoms. The van der Waals surface area contributed by atoms with Crippen molar-refractivity contribution >= 4 is 39.9 Å². The number of rotatable bonds is 2. The second-order valence-electron chi connectivity index (χ2n) is 6.67. The Morgan fingerprint density at radius 2 is 1.78 bits per heavy atom. The van der Waals surface area contributed by atoms with E-state index in [1.165, 1.54) is 0 Å². The van der Waals surface area contributed by atoms with Gasteiger partial charge < -0.3 is 15.1 Å². The number of fused-ring (bicyclic) bond motifs is 1. The van der Waals surface area contributed by atoms with Crippen molar-refractivity contribution in [2.75, 3.05) is 36.4 Å². The number of piperazine rings is 1. The molecule has 0 bridgehead atoms. The van der Waals surface area contributed by atoms with Gasteiger partial charge in [-0.25, -0.2) is 4.79 Å². The van der Waals surface area contributed by atoms with Crippen LogP contribution < -0.4 is 10.2 Å². The van der Waals surface area contributed by atoms with E-state index in [2.05, 4.69) is 39.5 Å². The Morgan fingerprint density at radius 1 is 1.04 bits per heavy atom. The van der Waals surface area contributed by atoms with Crippen molar-refractivity contribution in [3.63, 3.8) is 0 Å². The highest BCUT2D eigenvalue weighted by molar-refractivity contribution is 6.31. The molecule has 5 nitrogen and oxygen atoms in total. The summed E-state index contributed by atoms with van der Waals surface area (Å²) in [5.74, 6) is 0. The van der Waals surface area contributed by atoms with Gasteiger partial charge in [0.15, 0.2) is 0 Å². The third kappa shape index (κ3) is 3.55. The van der Waals surface area contributed by atoms with Crippen molar-refractivity contribution in [3.8, 4) is 0 Å². The van der Waals surface area contributed by atoms with Crippen molar-refractivity contribution in [2.45, 2.75) is 6.92 Å². The number of benzene rings is 2. The Balaban J connectivity index is 1.44. The van der Waals surface area contributed by atoms with Crippen molar-refractivity contribution < 1.29 is 4.79 Å². The molecule has 3 aromatic rings. The Labute approximate surface area is 163 Å². The van der Waals surface area contributed by atoms with Crippen LogP contribution in [0.1, 0.15) is 5.56 Å². The fourth-order valence-electron chi connectivity index (χ4n) is 3.43. The van der Waals surface area contributed by atoms with E-state index in [0.29, 0.717) is 18.1 Å². The molecule has 0 unspecified atom stereocenters. The van der Waals surface area contributed by atoms with Crippen LogP contribution in [0.3, 0.4) is 0 Å².